The average Bonchev–Trinajstić information content (AvgIpc) is 2.21. The van der Waals surface area contributed by atoms with Gasteiger partial charge >= 0.3 is 0 Å². The molecule has 80 valence electrons. The van der Waals surface area contributed by atoms with Crippen LogP contribution < -0.4 is 0 Å². The average molecular weight is 216 g/mol. The second-order valence-electron chi connectivity index (χ2n) is 2.56. The summed E-state index contributed by atoms with van der Waals surface area (Å²) >= 11 is 4.11. The van der Waals surface area contributed by atoms with Gasteiger partial charge in [0.2, 0.25) is 6.23 Å². The zero-order valence-electron chi connectivity index (χ0n) is 8.35. The first-order chi connectivity index (χ1) is 6.71. The molecule has 0 aliphatic heterocycles. The fraction of sp³-hybridized carbons (Fsp3) is 0.556. The van der Waals surface area contributed by atoms with E-state index in [2.05, 4.69) is 31.0 Å². The third-order valence-corrected chi connectivity index (χ3v) is 1.97. The molecule has 4 nitrogen and oxygen atoms in total. The third kappa shape index (κ3) is 3.93. The van der Waals surface area contributed by atoms with E-state index in [1.54, 1.807) is 17.9 Å². The number of hydrogen-bond donors (Lipinski definition) is 1. The highest BCUT2D eigenvalue weighted by Gasteiger charge is 2.17. The van der Waals surface area contributed by atoms with Gasteiger partial charge in [0.05, 0.1) is 11.6 Å². The summed E-state index contributed by atoms with van der Waals surface area (Å²) in [5.41, 5.74) is 0.511. The molecule has 0 spiro atoms. The van der Waals surface area contributed by atoms with Crippen molar-refractivity contribution in [3.05, 3.63) is 29.8 Å². The van der Waals surface area contributed by atoms with Gasteiger partial charge in [-0.3, -0.25) is 0 Å². The maximum atomic E-state index is 10.4. The fourth-order valence-electron chi connectivity index (χ4n) is 0.923. The van der Waals surface area contributed by atoms with Crippen molar-refractivity contribution in [2.45, 2.75) is 13.2 Å². The Hall–Kier alpha value is -0.810. The van der Waals surface area contributed by atoms with Crippen molar-refractivity contribution in [3.63, 3.8) is 0 Å². The molecule has 0 saturated carbocycles. The Balaban J connectivity index is 4.35. The number of hydrogen-bond acceptors (Lipinski definition) is 5. The van der Waals surface area contributed by atoms with Crippen LogP contribution in [0.3, 0.4) is 0 Å². The zero-order chi connectivity index (χ0) is 11.0. The molecule has 1 unspecified atom stereocenters. The molecule has 14 heavy (non-hydrogen) atoms. The van der Waals surface area contributed by atoms with Crippen molar-refractivity contribution in [3.8, 4) is 0 Å². The van der Waals surface area contributed by atoms with Gasteiger partial charge in [0.1, 0.15) is 0 Å². The zero-order valence-corrected chi connectivity index (χ0v) is 9.24. The van der Waals surface area contributed by atoms with Crippen molar-refractivity contribution in [1.29, 1.82) is 0 Å². The van der Waals surface area contributed by atoms with Gasteiger partial charge in [-0.05, 0) is 12.1 Å². The van der Waals surface area contributed by atoms with E-state index in [1.165, 1.54) is 0 Å². The first-order valence-corrected chi connectivity index (χ1v) is 4.94. The number of rotatable bonds is 8. The SMILES string of the molecule is C=CCN(CS)C(=C)C(N=O)OCC. The first-order valence-electron chi connectivity index (χ1n) is 4.30. The molecule has 0 bridgehead atoms. The van der Waals surface area contributed by atoms with Crippen LogP contribution in [0.15, 0.2) is 30.1 Å². The lowest BCUT2D eigenvalue weighted by Crippen LogP contribution is -2.29. The van der Waals surface area contributed by atoms with Gasteiger partial charge < -0.3 is 9.64 Å². The molecule has 0 N–H and O–H groups in total. The Morgan fingerprint density at radius 1 is 1.79 bits per heavy atom. The Morgan fingerprint density at radius 3 is 2.79 bits per heavy atom. The van der Waals surface area contributed by atoms with Crippen LogP contribution in [0.2, 0.25) is 0 Å². The summed E-state index contributed by atoms with van der Waals surface area (Å²) in [6.45, 7) is 10.1. The predicted octanol–water partition coefficient (Wildman–Crippen LogP) is 2.00. The summed E-state index contributed by atoms with van der Waals surface area (Å²) < 4.78 is 5.09. The normalized spacial score (nSPS) is 11.9. The molecule has 0 aromatic rings. The Labute approximate surface area is 90.0 Å². The van der Waals surface area contributed by atoms with Crippen molar-refractivity contribution in [2.24, 2.45) is 5.18 Å². The Kier molecular flexibility index (Phi) is 7.14. The number of nitrogens with zero attached hydrogens (tertiary/aromatic N) is 2. The summed E-state index contributed by atoms with van der Waals surface area (Å²) in [7, 11) is 0. The molecule has 1 atom stereocenters. The van der Waals surface area contributed by atoms with E-state index < -0.39 is 6.23 Å². The first kappa shape index (κ1) is 13.2. The van der Waals surface area contributed by atoms with Gasteiger partial charge in [0.25, 0.3) is 0 Å². The minimum absolute atomic E-state index is 0.421. The van der Waals surface area contributed by atoms with E-state index in [0.29, 0.717) is 24.7 Å². The molecule has 5 heteroatoms. The largest absolute Gasteiger partial charge is 0.359 e. The molecule has 0 heterocycles. The molecule has 0 amide bonds. The van der Waals surface area contributed by atoms with Crippen LogP contribution >= 0.6 is 12.6 Å². The van der Waals surface area contributed by atoms with Crippen LogP contribution in [0.5, 0.6) is 0 Å². The maximum absolute atomic E-state index is 10.4. The van der Waals surface area contributed by atoms with Gasteiger partial charge in [0, 0.05) is 13.2 Å². The highest BCUT2D eigenvalue weighted by molar-refractivity contribution is 7.80. The van der Waals surface area contributed by atoms with E-state index in [9.17, 15) is 4.91 Å². The van der Waals surface area contributed by atoms with E-state index >= 15 is 0 Å². The minimum Gasteiger partial charge on any atom is -0.359 e. The van der Waals surface area contributed by atoms with E-state index in [0.717, 1.165) is 0 Å². The van der Waals surface area contributed by atoms with E-state index in [-0.39, 0.29) is 0 Å². The lowest BCUT2D eigenvalue weighted by atomic mass is 10.3. The highest BCUT2D eigenvalue weighted by Crippen LogP contribution is 2.12. The second-order valence-corrected chi connectivity index (χ2v) is 2.84. The number of nitroso groups, excluding NO2 is 1. The molecule has 0 radical (unpaired) electrons. The van der Waals surface area contributed by atoms with Crippen LogP contribution in [0.1, 0.15) is 6.92 Å². The summed E-state index contributed by atoms with van der Waals surface area (Å²) in [4.78, 5) is 12.2. The number of thiol groups is 1. The lowest BCUT2D eigenvalue weighted by Gasteiger charge is -2.25. The Morgan fingerprint density at radius 2 is 2.43 bits per heavy atom. The van der Waals surface area contributed by atoms with Crippen LogP contribution in [0.4, 0.5) is 0 Å². The molecule has 0 aliphatic carbocycles. The van der Waals surface area contributed by atoms with Gasteiger partial charge in [-0.25, -0.2) is 0 Å². The quantitative estimate of drug-likeness (QED) is 0.292. The van der Waals surface area contributed by atoms with E-state index in [1.807, 2.05) is 0 Å². The summed E-state index contributed by atoms with van der Waals surface area (Å²) in [5, 5.41) is 2.85. The van der Waals surface area contributed by atoms with Crippen molar-refractivity contribution in [1.82, 2.24) is 4.90 Å². The minimum atomic E-state index is -0.827. The molecule has 0 aliphatic rings. The monoisotopic (exact) mass is 216 g/mol. The molecule has 0 saturated heterocycles. The second kappa shape index (κ2) is 7.58. The van der Waals surface area contributed by atoms with E-state index in [4.69, 9.17) is 4.74 Å². The van der Waals surface area contributed by atoms with Crippen molar-refractivity contribution < 1.29 is 4.74 Å². The molecular formula is C9H16N2O2S. The molecular weight excluding hydrogens is 200 g/mol. The summed E-state index contributed by atoms with van der Waals surface area (Å²) in [5.74, 6) is 0.448. The van der Waals surface area contributed by atoms with Crippen molar-refractivity contribution in [2.75, 3.05) is 19.0 Å². The molecule has 0 rings (SSSR count). The summed E-state index contributed by atoms with van der Waals surface area (Å²) in [6, 6.07) is 0. The fourth-order valence-corrected chi connectivity index (χ4v) is 1.22. The number of ether oxygens (including phenoxy) is 1. The summed E-state index contributed by atoms with van der Waals surface area (Å²) in [6.07, 6.45) is 0.877. The third-order valence-electron chi connectivity index (χ3n) is 1.63. The van der Waals surface area contributed by atoms with Crippen LogP contribution in [-0.4, -0.2) is 30.2 Å². The molecule has 0 aromatic carbocycles. The standard InChI is InChI=1S/C9H16N2O2S/c1-4-6-11(7-14)8(3)9(10-12)13-5-2/h4,9,14H,1,3,5-7H2,2H3. The highest BCUT2D eigenvalue weighted by atomic mass is 32.1. The van der Waals surface area contributed by atoms with Crippen LogP contribution in [0, 0.1) is 4.91 Å². The van der Waals surface area contributed by atoms with Gasteiger partial charge in [0.15, 0.2) is 0 Å². The van der Waals surface area contributed by atoms with Gasteiger partial charge in [-0.1, -0.05) is 12.7 Å². The van der Waals surface area contributed by atoms with Gasteiger partial charge in [-0.2, -0.15) is 12.6 Å². The van der Waals surface area contributed by atoms with Crippen molar-refractivity contribution >= 4 is 12.6 Å². The topological polar surface area (TPSA) is 41.9 Å². The predicted molar refractivity (Wildman–Crippen MR) is 61.1 cm³/mol. The Bertz CT molecular complexity index is 209. The maximum Gasteiger partial charge on any atom is 0.229 e. The van der Waals surface area contributed by atoms with Gasteiger partial charge in [-0.15, -0.1) is 11.5 Å². The van der Waals surface area contributed by atoms with Crippen LogP contribution in [0.25, 0.3) is 0 Å². The molecule has 0 fully saturated rings. The van der Waals surface area contributed by atoms with Crippen LogP contribution in [-0.2, 0) is 4.74 Å². The molecule has 0 aromatic heterocycles. The smallest absolute Gasteiger partial charge is 0.229 e. The lowest BCUT2D eigenvalue weighted by molar-refractivity contribution is 0.0753.